The molecule has 1 aliphatic rings. The molecule has 2 aromatic carbocycles. The number of likely N-dealkylation sites (tertiary alicyclic amines) is 1. The van der Waals surface area contributed by atoms with Gasteiger partial charge in [-0.25, -0.2) is 0 Å². The van der Waals surface area contributed by atoms with Crippen LogP contribution in [0.3, 0.4) is 0 Å². The zero-order valence-corrected chi connectivity index (χ0v) is 19.0. The predicted octanol–water partition coefficient (Wildman–Crippen LogP) is 5.29. The van der Waals surface area contributed by atoms with Gasteiger partial charge in [0.15, 0.2) is 0 Å². The van der Waals surface area contributed by atoms with Crippen LogP contribution >= 0.6 is 15.9 Å². The zero-order valence-electron chi connectivity index (χ0n) is 17.4. The van der Waals surface area contributed by atoms with Crippen molar-refractivity contribution >= 4 is 32.7 Å². The number of aryl methyl sites for hydroxylation is 1. The minimum Gasteiger partial charge on any atom is -0.497 e. The summed E-state index contributed by atoms with van der Waals surface area (Å²) in [5.41, 5.74) is 3.60. The number of nitrogens with zero attached hydrogens (tertiary/aromatic N) is 1. The van der Waals surface area contributed by atoms with E-state index in [0.717, 1.165) is 59.4 Å². The SMILES string of the molecule is COc1ccc2[nH]cc(C3CCN(C(=O)CCc4ccc(OC)c(Br)c4)CC3)c2c1. The summed E-state index contributed by atoms with van der Waals surface area (Å²) < 4.78 is 11.6. The van der Waals surface area contributed by atoms with Crippen molar-refractivity contribution in [3.63, 3.8) is 0 Å². The second-order valence-corrected chi connectivity index (χ2v) is 8.63. The number of hydrogen-bond donors (Lipinski definition) is 1. The molecule has 2 heterocycles. The Labute approximate surface area is 185 Å². The van der Waals surface area contributed by atoms with Gasteiger partial charge in [0.1, 0.15) is 11.5 Å². The van der Waals surface area contributed by atoms with E-state index in [2.05, 4.69) is 39.2 Å². The maximum Gasteiger partial charge on any atom is 0.222 e. The van der Waals surface area contributed by atoms with Crippen LogP contribution in [0.1, 0.15) is 36.3 Å². The molecule has 4 rings (SSSR count). The molecule has 1 fully saturated rings. The lowest BCUT2D eigenvalue weighted by Gasteiger charge is -2.32. The smallest absolute Gasteiger partial charge is 0.222 e. The van der Waals surface area contributed by atoms with Crippen molar-refractivity contribution in [2.45, 2.75) is 31.6 Å². The molecule has 3 aromatic rings. The van der Waals surface area contributed by atoms with Gasteiger partial charge in [-0.3, -0.25) is 4.79 Å². The quantitative estimate of drug-likeness (QED) is 0.532. The summed E-state index contributed by atoms with van der Waals surface area (Å²) in [7, 11) is 3.35. The van der Waals surface area contributed by atoms with Crippen molar-refractivity contribution in [3.8, 4) is 11.5 Å². The maximum absolute atomic E-state index is 12.7. The Morgan fingerprint density at radius 1 is 1.13 bits per heavy atom. The average molecular weight is 471 g/mol. The summed E-state index contributed by atoms with van der Waals surface area (Å²) in [6, 6.07) is 12.1. The normalized spacial score (nSPS) is 14.8. The van der Waals surface area contributed by atoms with E-state index in [4.69, 9.17) is 9.47 Å². The highest BCUT2D eigenvalue weighted by Crippen LogP contribution is 2.35. The number of nitrogens with one attached hydrogen (secondary N) is 1. The molecule has 0 radical (unpaired) electrons. The van der Waals surface area contributed by atoms with E-state index in [9.17, 15) is 4.79 Å². The fourth-order valence-electron chi connectivity index (χ4n) is 4.30. The number of H-pyrrole nitrogens is 1. The van der Waals surface area contributed by atoms with Crippen LogP contribution in [-0.4, -0.2) is 43.1 Å². The van der Waals surface area contributed by atoms with Crippen molar-refractivity contribution in [2.24, 2.45) is 0 Å². The van der Waals surface area contributed by atoms with Gasteiger partial charge in [-0.2, -0.15) is 0 Å². The number of piperidine rings is 1. The monoisotopic (exact) mass is 470 g/mol. The molecule has 158 valence electrons. The molecular weight excluding hydrogens is 444 g/mol. The fraction of sp³-hybridized carbons (Fsp3) is 0.375. The third kappa shape index (κ3) is 4.33. The van der Waals surface area contributed by atoms with Gasteiger partial charge in [0.05, 0.1) is 18.7 Å². The number of ether oxygens (including phenoxy) is 2. The van der Waals surface area contributed by atoms with E-state index in [1.807, 2.05) is 29.2 Å². The lowest BCUT2D eigenvalue weighted by molar-refractivity contribution is -0.132. The Morgan fingerprint density at radius 2 is 1.93 bits per heavy atom. The standard InChI is InChI=1S/C24H27BrN2O3/c1-29-18-5-6-22-19(14-18)20(15-26-22)17-9-11-27(12-10-17)24(28)8-4-16-3-7-23(30-2)21(25)13-16/h3,5-7,13-15,17,26H,4,8-12H2,1-2H3. The molecule has 1 aromatic heterocycles. The molecule has 0 unspecified atom stereocenters. The van der Waals surface area contributed by atoms with Crippen LogP contribution < -0.4 is 9.47 Å². The van der Waals surface area contributed by atoms with Crippen LogP contribution in [0.15, 0.2) is 47.1 Å². The van der Waals surface area contributed by atoms with Gasteiger partial charge in [0.25, 0.3) is 0 Å². The van der Waals surface area contributed by atoms with Gasteiger partial charge < -0.3 is 19.4 Å². The summed E-state index contributed by atoms with van der Waals surface area (Å²) in [6.07, 6.45) is 5.37. The zero-order chi connectivity index (χ0) is 21.1. The maximum atomic E-state index is 12.7. The van der Waals surface area contributed by atoms with Crippen LogP contribution in [0.25, 0.3) is 10.9 Å². The van der Waals surface area contributed by atoms with Crippen molar-refractivity contribution in [1.29, 1.82) is 0 Å². The van der Waals surface area contributed by atoms with E-state index in [1.54, 1.807) is 14.2 Å². The van der Waals surface area contributed by atoms with Crippen molar-refractivity contribution in [2.75, 3.05) is 27.3 Å². The van der Waals surface area contributed by atoms with Gasteiger partial charge in [0.2, 0.25) is 5.91 Å². The van der Waals surface area contributed by atoms with Gasteiger partial charge in [-0.15, -0.1) is 0 Å². The molecule has 0 saturated carbocycles. The number of aromatic nitrogens is 1. The largest absolute Gasteiger partial charge is 0.497 e. The Hall–Kier alpha value is -2.47. The van der Waals surface area contributed by atoms with Crippen LogP contribution in [0, 0.1) is 0 Å². The summed E-state index contributed by atoms with van der Waals surface area (Å²) in [6.45, 7) is 1.62. The molecule has 1 aliphatic heterocycles. The predicted molar refractivity (Wildman–Crippen MR) is 122 cm³/mol. The molecule has 0 atom stereocenters. The number of amides is 1. The molecule has 1 amide bonds. The second kappa shape index (κ2) is 9.13. The average Bonchev–Trinajstić information content (AvgIpc) is 3.20. The van der Waals surface area contributed by atoms with Crippen LogP contribution in [-0.2, 0) is 11.2 Å². The molecule has 5 nitrogen and oxygen atoms in total. The molecule has 1 N–H and O–H groups in total. The first-order valence-electron chi connectivity index (χ1n) is 10.3. The van der Waals surface area contributed by atoms with Gasteiger partial charge in [0, 0.05) is 36.6 Å². The highest BCUT2D eigenvalue weighted by atomic mass is 79.9. The first kappa shape index (κ1) is 20.8. The highest BCUT2D eigenvalue weighted by Gasteiger charge is 2.25. The number of aromatic amines is 1. The second-order valence-electron chi connectivity index (χ2n) is 7.78. The van der Waals surface area contributed by atoms with E-state index in [0.29, 0.717) is 12.3 Å². The molecule has 0 spiro atoms. The minimum absolute atomic E-state index is 0.237. The third-order valence-corrected chi connectivity index (χ3v) is 6.67. The van der Waals surface area contributed by atoms with E-state index < -0.39 is 0 Å². The van der Waals surface area contributed by atoms with Gasteiger partial charge in [-0.05, 0) is 82.6 Å². The Morgan fingerprint density at radius 3 is 2.63 bits per heavy atom. The van der Waals surface area contributed by atoms with E-state index in [1.165, 1.54) is 10.9 Å². The lowest BCUT2D eigenvalue weighted by atomic mass is 9.89. The molecule has 0 aliphatic carbocycles. The number of benzene rings is 2. The fourth-order valence-corrected chi connectivity index (χ4v) is 4.89. The number of carbonyl (C=O) groups is 1. The van der Waals surface area contributed by atoms with E-state index >= 15 is 0 Å². The topological polar surface area (TPSA) is 54.6 Å². The summed E-state index contributed by atoms with van der Waals surface area (Å²) in [4.78, 5) is 18.1. The van der Waals surface area contributed by atoms with Crippen molar-refractivity contribution in [3.05, 3.63) is 58.2 Å². The number of fused-ring (bicyclic) bond motifs is 1. The number of halogens is 1. The molecule has 30 heavy (non-hydrogen) atoms. The van der Waals surface area contributed by atoms with Gasteiger partial charge in [-0.1, -0.05) is 6.07 Å². The van der Waals surface area contributed by atoms with Crippen LogP contribution in [0.5, 0.6) is 11.5 Å². The van der Waals surface area contributed by atoms with Crippen LogP contribution in [0.4, 0.5) is 0 Å². The Balaban J connectivity index is 1.34. The lowest BCUT2D eigenvalue weighted by Crippen LogP contribution is -2.38. The number of hydrogen-bond acceptors (Lipinski definition) is 3. The first-order chi connectivity index (χ1) is 14.6. The highest BCUT2D eigenvalue weighted by molar-refractivity contribution is 9.10. The molecule has 6 heteroatoms. The minimum atomic E-state index is 0.237. The Bertz CT molecular complexity index is 1040. The summed E-state index contributed by atoms with van der Waals surface area (Å²) in [5.74, 6) is 2.39. The van der Waals surface area contributed by atoms with Gasteiger partial charge >= 0.3 is 0 Å². The summed E-state index contributed by atoms with van der Waals surface area (Å²) in [5, 5.41) is 1.23. The summed E-state index contributed by atoms with van der Waals surface area (Å²) >= 11 is 3.51. The van der Waals surface area contributed by atoms with Crippen molar-refractivity contribution in [1.82, 2.24) is 9.88 Å². The number of rotatable bonds is 6. The molecule has 1 saturated heterocycles. The third-order valence-electron chi connectivity index (χ3n) is 6.05. The number of methoxy groups -OCH3 is 2. The molecular formula is C24H27BrN2O3. The van der Waals surface area contributed by atoms with Crippen LogP contribution in [0.2, 0.25) is 0 Å². The first-order valence-corrected chi connectivity index (χ1v) is 11.1. The van der Waals surface area contributed by atoms with E-state index in [-0.39, 0.29) is 5.91 Å². The molecule has 0 bridgehead atoms. The Kier molecular flexibility index (Phi) is 6.32. The number of carbonyl (C=O) groups excluding carboxylic acids is 1. The van der Waals surface area contributed by atoms with Crippen molar-refractivity contribution < 1.29 is 14.3 Å².